The molecule has 3 rings (SSSR count). The minimum Gasteiger partial charge on any atom is -0.312 e. The standard InChI is InChI=1S/C15H8BrClFNO/c16-9-8-13(19-7-2-1-6-12(9)19)15(20)14-10(17)4-3-5-11(14)18/h1-8H. The van der Waals surface area contributed by atoms with E-state index in [-0.39, 0.29) is 10.6 Å². The highest BCUT2D eigenvalue weighted by molar-refractivity contribution is 9.10. The first-order valence-electron chi connectivity index (χ1n) is 5.84. The van der Waals surface area contributed by atoms with Gasteiger partial charge in [0.2, 0.25) is 5.78 Å². The predicted octanol–water partition coefficient (Wildman–Crippen LogP) is 4.73. The summed E-state index contributed by atoms with van der Waals surface area (Å²) in [6.45, 7) is 0. The highest BCUT2D eigenvalue weighted by Crippen LogP contribution is 2.27. The minimum absolute atomic E-state index is 0.107. The van der Waals surface area contributed by atoms with E-state index in [2.05, 4.69) is 15.9 Å². The molecule has 100 valence electrons. The molecule has 0 aliphatic heterocycles. The Bertz CT molecular complexity index is 808. The molecule has 1 aromatic carbocycles. The van der Waals surface area contributed by atoms with Crippen molar-refractivity contribution in [2.24, 2.45) is 0 Å². The van der Waals surface area contributed by atoms with E-state index < -0.39 is 11.6 Å². The summed E-state index contributed by atoms with van der Waals surface area (Å²) in [5, 5.41) is 0.108. The molecule has 0 amide bonds. The first-order chi connectivity index (χ1) is 9.59. The SMILES string of the molecule is O=C(c1c(F)cccc1Cl)c1cc(Br)c2ccccn12. The van der Waals surface area contributed by atoms with Gasteiger partial charge in [-0.2, -0.15) is 0 Å². The zero-order chi connectivity index (χ0) is 14.3. The lowest BCUT2D eigenvalue weighted by molar-refractivity contribution is 0.103. The third-order valence-corrected chi connectivity index (χ3v) is 4.00. The summed E-state index contributed by atoms with van der Waals surface area (Å²) in [7, 11) is 0. The number of halogens is 3. The van der Waals surface area contributed by atoms with Crippen LogP contribution in [-0.4, -0.2) is 10.2 Å². The van der Waals surface area contributed by atoms with Crippen molar-refractivity contribution >= 4 is 38.8 Å². The molecule has 0 saturated heterocycles. The van der Waals surface area contributed by atoms with Gasteiger partial charge in [-0.05, 0) is 46.3 Å². The largest absolute Gasteiger partial charge is 0.312 e. The summed E-state index contributed by atoms with van der Waals surface area (Å²) in [4.78, 5) is 12.5. The monoisotopic (exact) mass is 351 g/mol. The van der Waals surface area contributed by atoms with E-state index in [9.17, 15) is 9.18 Å². The van der Waals surface area contributed by atoms with Crippen LogP contribution in [0.5, 0.6) is 0 Å². The summed E-state index contributed by atoms with van der Waals surface area (Å²) in [5.74, 6) is -1.07. The van der Waals surface area contributed by atoms with E-state index >= 15 is 0 Å². The number of hydrogen-bond donors (Lipinski definition) is 0. The quantitative estimate of drug-likeness (QED) is 0.611. The van der Waals surface area contributed by atoms with Crippen LogP contribution in [0.2, 0.25) is 5.02 Å². The molecule has 0 aliphatic carbocycles. The minimum atomic E-state index is -0.621. The lowest BCUT2D eigenvalue weighted by Gasteiger charge is -2.05. The highest BCUT2D eigenvalue weighted by Gasteiger charge is 2.21. The van der Waals surface area contributed by atoms with Crippen LogP contribution < -0.4 is 0 Å². The fourth-order valence-electron chi connectivity index (χ4n) is 2.13. The molecule has 0 unspecified atom stereocenters. The van der Waals surface area contributed by atoms with Gasteiger partial charge >= 0.3 is 0 Å². The van der Waals surface area contributed by atoms with Gasteiger partial charge in [0.15, 0.2) is 0 Å². The number of benzene rings is 1. The van der Waals surface area contributed by atoms with E-state index in [0.29, 0.717) is 5.69 Å². The maximum Gasteiger partial charge on any atom is 0.214 e. The second-order valence-corrected chi connectivity index (χ2v) is 5.52. The molecule has 0 spiro atoms. The van der Waals surface area contributed by atoms with Gasteiger partial charge in [-0.25, -0.2) is 4.39 Å². The normalized spacial score (nSPS) is 10.9. The van der Waals surface area contributed by atoms with Crippen LogP contribution >= 0.6 is 27.5 Å². The number of nitrogens with zero attached hydrogens (tertiary/aromatic N) is 1. The van der Waals surface area contributed by atoms with Gasteiger partial charge in [0.05, 0.1) is 21.8 Å². The molecule has 20 heavy (non-hydrogen) atoms. The van der Waals surface area contributed by atoms with Crippen LogP contribution in [0.4, 0.5) is 4.39 Å². The van der Waals surface area contributed by atoms with Crippen molar-refractivity contribution < 1.29 is 9.18 Å². The van der Waals surface area contributed by atoms with Crippen LogP contribution in [0.25, 0.3) is 5.52 Å². The number of fused-ring (bicyclic) bond motifs is 1. The highest BCUT2D eigenvalue weighted by atomic mass is 79.9. The Morgan fingerprint density at radius 1 is 1.20 bits per heavy atom. The van der Waals surface area contributed by atoms with Crippen molar-refractivity contribution in [2.45, 2.75) is 0 Å². The number of carbonyl (C=O) groups is 1. The summed E-state index contributed by atoms with van der Waals surface area (Å²) in [5.41, 5.74) is 1.09. The van der Waals surface area contributed by atoms with E-state index in [1.807, 2.05) is 12.1 Å². The van der Waals surface area contributed by atoms with Crippen molar-refractivity contribution in [2.75, 3.05) is 0 Å². The number of ketones is 1. The summed E-state index contributed by atoms with van der Waals surface area (Å²) in [6.07, 6.45) is 1.75. The number of aromatic nitrogens is 1. The Hall–Kier alpha value is -1.65. The second-order valence-electron chi connectivity index (χ2n) is 4.26. The van der Waals surface area contributed by atoms with Crippen LogP contribution in [0.1, 0.15) is 16.1 Å². The van der Waals surface area contributed by atoms with Crippen molar-refractivity contribution in [1.82, 2.24) is 4.40 Å². The zero-order valence-electron chi connectivity index (χ0n) is 10.1. The van der Waals surface area contributed by atoms with Gasteiger partial charge in [0.25, 0.3) is 0 Å². The van der Waals surface area contributed by atoms with Crippen molar-refractivity contribution in [3.05, 3.63) is 75.2 Å². The molecule has 0 bridgehead atoms. The second kappa shape index (κ2) is 5.04. The molecule has 2 nitrogen and oxygen atoms in total. The van der Waals surface area contributed by atoms with E-state index in [1.54, 1.807) is 22.7 Å². The Labute approximate surface area is 127 Å². The third-order valence-electron chi connectivity index (χ3n) is 3.05. The Morgan fingerprint density at radius 2 is 2.00 bits per heavy atom. The van der Waals surface area contributed by atoms with Crippen molar-refractivity contribution in [3.63, 3.8) is 0 Å². The summed E-state index contributed by atoms with van der Waals surface area (Å²) >= 11 is 9.35. The van der Waals surface area contributed by atoms with Crippen LogP contribution in [0.3, 0.4) is 0 Å². The molecular weight excluding hydrogens is 345 g/mol. The maximum atomic E-state index is 13.9. The molecule has 0 aliphatic rings. The molecular formula is C15H8BrClFNO. The van der Waals surface area contributed by atoms with Crippen LogP contribution in [0, 0.1) is 5.82 Å². The molecule has 3 aromatic rings. The molecule has 0 radical (unpaired) electrons. The van der Waals surface area contributed by atoms with E-state index in [0.717, 1.165) is 9.99 Å². The molecule has 0 fully saturated rings. The fraction of sp³-hybridized carbons (Fsp3) is 0. The Balaban J connectivity index is 2.24. The van der Waals surface area contributed by atoms with Gasteiger partial charge in [0.1, 0.15) is 5.82 Å². The van der Waals surface area contributed by atoms with Crippen LogP contribution in [-0.2, 0) is 0 Å². The molecule has 2 heterocycles. The van der Waals surface area contributed by atoms with Crippen molar-refractivity contribution in [3.8, 4) is 0 Å². The molecule has 2 aromatic heterocycles. The molecule has 5 heteroatoms. The molecule has 0 atom stereocenters. The maximum absolute atomic E-state index is 13.9. The number of hydrogen-bond acceptors (Lipinski definition) is 1. The number of carbonyl (C=O) groups excluding carboxylic acids is 1. The lowest BCUT2D eigenvalue weighted by Crippen LogP contribution is -2.08. The number of pyridine rings is 1. The molecule has 0 N–H and O–H groups in total. The predicted molar refractivity (Wildman–Crippen MR) is 79.9 cm³/mol. The van der Waals surface area contributed by atoms with Crippen molar-refractivity contribution in [1.29, 1.82) is 0 Å². The smallest absolute Gasteiger partial charge is 0.214 e. The average Bonchev–Trinajstić information content (AvgIpc) is 2.76. The topological polar surface area (TPSA) is 21.5 Å². The van der Waals surface area contributed by atoms with Gasteiger partial charge in [-0.1, -0.05) is 23.7 Å². The lowest BCUT2D eigenvalue weighted by atomic mass is 10.1. The zero-order valence-corrected chi connectivity index (χ0v) is 12.5. The van der Waals surface area contributed by atoms with Gasteiger partial charge < -0.3 is 4.40 Å². The van der Waals surface area contributed by atoms with E-state index in [1.165, 1.54) is 18.2 Å². The first-order valence-corrected chi connectivity index (χ1v) is 7.01. The first kappa shape index (κ1) is 13.3. The summed E-state index contributed by atoms with van der Waals surface area (Å²) < 4.78 is 16.3. The van der Waals surface area contributed by atoms with Gasteiger partial charge in [0, 0.05) is 10.7 Å². The molecule has 0 saturated carbocycles. The van der Waals surface area contributed by atoms with Crippen LogP contribution in [0.15, 0.2) is 53.1 Å². The van der Waals surface area contributed by atoms with Gasteiger partial charge in [-0.15, -0.1) is 0 Å². The number of rotatable bonds is 2. The summed E-state index contributed by atoms with van der Waals surface area (Å²) in [6, 6.07) is 11.4. The Morgan fingerprint density at radius 3 is 2.75 bits per heavy atom. The fourth-order valence-corrected chi connectivity index (χ4v) is 2.92. The average molecular weight is 353 g/mol. The third kappa shape index (κ3) is 2.05. The Kier molecular flexibility index (Phi) is 3.36. The van der Waals surface area contributed by atoms with E-state index in [4.69, 9.17) is 11.6 Å². The van der Waals surface area contributed by atoms with Gasteiger partial charge in [-0.3, -0.25) is 4.79 Å².